The molecule has 24 heavy (non-hydrogen) atoms. The number of amides is 1. The molecule has 124 valence electrons. The number of hydrogen-bond donors (Lipinski definition) is 3. The van der Waals surface area contributed by atoms with Gasteiger partial charge in [0.25, 0.3) is 0 Å². The summed E-state index contributed by atoms with van der Waals surface area (Å²) < 4.78 is 0. The zero-order valence-electron chi connectivity index (χ0n) is 13.3. The third-order valence-corrected chi connectivity index (χ3v) is 4.57. The third kappa shape index (κ3) is 3.16. The van der Waals surface area contributed by atoms with E-state index in [1.54, 1.807) is 18.2 Å². The van der Waals surface area contributed by atoms with Gasteiger partial charge in [-0.05, 0) is 42.0 Å². The van der Waals surface area contributed by atoms with Gasteiger partial charge in [-0.15, -0.1) is 0 Å². The Kier molecular flexibility index (Phi) is 4.36. The number of rotatable bonds is 5. The molecule has 0 aromatic heterocycles. The molecule has 0 spiro atoms. The van der Waals surface area contributed by atoms with Gasteiger partial charge in [-0.25, -0.2) is 4.79 Å². The van der Waals surface area contributed by atoms with Gasteiger partial charge in [0.1, 0.15) is 0 Å². The van der Waals surface area contributed by atoms with Crippen LogP contribution in [-0.4, -0.2) is 22.5 Å². The van der Waals surface area contributed by atoms with E-state index < -0.39 is 11.5 Å². The highest BCUT2D eigenvalue weighted by Gasteiger charge is 2.39. The summed E-state index contributed by atoms with van der Waals surface area (Å²) in [4.78, 5) is 23.3. The quantitative estimate of drug-likeness (QED) is 0.788. The largest absolute Gasteiger partial charge is 0.478 e. The second kappa shape index (κ2) is 6.45. The van der Waals surface area contributed by atoms with E-state index in [1.165, 1.54) is 0 Å². The van der Waals surface area contributed by atoms with E-state index in [9.17, 15) is 14.7 Å². The van der Waals surface area contributed by atoms with Crippen LogP contribution in [0.4, 0.5) is 0 Å². The highest BCUT2D eigenvalue weighted by Crippen LogP contribution is 2.29. The first-order valence-electron chi connectivity index (χ1n) is 7.98. The van der Waals surface area contributed by atoms with Crippen molar-refractivity contribution in [2.45, 2.75) is 31.3 Å². The van der Waals surface area contributed by atoms with Crippen molar-refractivity contribution in [1.82, 2.24) is 5.32 Å². The fourth-order valence-electron chi connectivity index (χ4n) is 2.87. The summed E-state index contributed by atoms with van der Waals surface area (Å²) in [5.74, 6) is -1.05. The Morgan fingerprint density at radius 2 is 1.75 bits per heavy atom. The van der Waals surface area contributed by atoms with Gasteiger partial charge in [0.2, 0.25) is 5.91 Å². The average Bonchev–Trinajstić information content (AvgIpc) is 2.58. The molecule has 0 aliphatic heterocycles. The van der Waals surface area contributed by atoms with Crippen molar-refractivity contribution >= 4 is 11.9 Å². The minimum atomic E-state index is -0.948. The van der Waals surface area contributed by atoms with E-state index in [1.807, 2.05) is 30.3 Å². The molecule has 1 amide bonds. The number of nitrogens with two attached hydrogens (primary N) is 1. The maximum Gasteiger partial charge on any atom is 0.336 e. The molecule has 3 rings (SSSR count). The molecular weight excluding hydrogens is 304 g/mol. The number of carboxylic acid groups (broad SMARTS) is 1. The Labute approximate surface area is 140 Å². The van der Waals surface area contributed by atoms with E-state index in [4.69, 9.17) is 5.73 Å². The van der Waals surface area contributed by atoms with Crippen LogP contribution < -0.4 is 11.1 Å². The smallest absolute Gasteiger partial charge is 0.336 e. The zero-order chi connectivity index (χ0) is 17.2. The fraction of sp³-hybridized carbons (Fsp3) is 0.263. The number of hydrogen-bond acceptors (Lipinski definition) is 3. The van der Waals surface area contributed by atoms with Crippen LogP contribution in [0, 0.1) is 0 Å². The molecule has 5 heteroatoms. The lowest BCUT2D eigenvalue weighted by atomic mass is 9.77. The second-order valence-corrected chi connectivity index (χ2v) is 6.24. The van der Waals surface area contributed by atoms with E-state index >= 15 is 0 Å². The van der Waals surface area contributed by atoms with E-state index in [-0.39, 0.29) is 11.5 Å². The van der Waals surface area contributed by atoms with Crippen LogP contribution in [0.5, 0.6) is 0 Å². The first kappa shape index (κ1) is 16.2. The van der Waals surface area contributed by atoms with Crippen LogP contribution in [0.25, 0.3) is 11.1 Å². The van der Waals surface area contributed by atoms with Crippen molar-refractivity contribution in [1.29, 1.82) is 0 Å². The normalized spacial score (nSPS) is 15.4. The first-order valence-corrected chi connectivity index (χ1v) is 7.98. The van der Waals surface area contributed by atoms with Crippen LogP contribution in [0.1, 0.15) is 35.2 Å². The monoisotopic (exact) mass is 324 g/mol. The highest BCUT2D eigenvalue weighted by atomic mass is 16.4. The summed E-state index contributed by atoms with van der Waals surface area (Å²) in [6.45, 7) is 0.415. The summed E-state index contributed by atoms with van der Waals surface area (Å²) >= 11 is 0. The third-order valence-electron chi connectivity index (χ3n) is 4.57. The van der Waals surface area contributed by atoms with Crippen molar-refractivity contribution in [3.8, 4) is 11.1 Å². The van der Waals surface area contributed by atoms with Gasteiger partial charge in [0, 0.05) is 6.54 Å². The van der Waals surface area contributed by atoms with Gasteiger partial charge in [0.15, 0.2) is 0 Å². The summed E-state index contributed by atoms with van der Waals surface area (Å²) in [5, 5.41) is 12.1. The summed E-state index contributed by atoms with van der Waals surface area (Å²) in [5.41, 5.74) is 8.02. The fourth-order valence-corrected chi connectivity index (χ4v) is 2.87. The molecule has 2 aromatic rings. The van der Waals surface area contributed by atoms with Gasteiger partial charge in [-0.3, -0.25) is 4.79 Å². The van der Waals surface area contributed by atoms with E-state index in [0.717, 1.165) is 30.4 Å². The standard InChI is InChI=1S/C19H20N2O3/c20-19(10-3-11-19)18(24)21-12-13-6-8-14(9-7-13)15-4-1-2-5-16(15)17(22)23/h1-2,4-9H,3,10-12,20H2,(H,21,24)(H,22,23). The van der Waals surface area contributed by atoms with Gasteiger partial charge >= 0.3 is 5.97 Å². The van der Waals surface area contributed by atoms with E-state index in [0.29, 0.717) is 12.1 Å². The van der Waals surface area contributed by atoms with Crippen LogP contribution in [0.15, 0.2) is 48.5 Å². The molecule has 4 N–H and O–H groups in total. The Hall–Kier alpha value is -2.66. The number of carbonyl (C=O) groups is 2. The average molecular weight is 324 g/mol. The van der Waals surface area contributed by atoms with Crippen LogP contribution in [-0.2, 0) is 11.3 Å². The second-order valence-electron chi connectivity index (χ2n) is 6.24. The lowest BCUT2D eigenvalue weighted by Gasteiger charge is -2.36. The number of benzene rings is 2. The minimum Gasteiger partial charge on any atom is -0.478 e. The molecule has 1 aliphatic rings. The van der Waals surface area contributed by atoms with Gasteiger partial charge in [-0.2, -0.15) is 0 Å². The highest BCUT2D eigenvalue weighted by molar-refractivity contribution is 5.96. The molecule has 0 saturated heterocycles. The van der Waals surface area contributed by atoms with Crippen LogP contribution in [0.2, 0.25) is 0 Å². The number of carbonyl (C=O) groups excluding carboxylic acids is 1. The minimum absolute atomic E-state index is 0.103. The first-order chi connectivity index (χ1) is 11.5. The molecule has 0 bridgehead atoms. The maximum absolute atomic E-state index is 12.0. The Morgan fingerprint density at radius 3 is 2.33 bits per heavy atom. The SMILES string of the molecule is NC1(C(=O)NCc2ccc(-c3ccccc3C(=O)O)cc2)CCC1. The van der Waals surface area contributed by atoms with Crippen molar-refractivity contribution < 1.29 is 14.7 Å². The summed E-state index contributed by atoms with van der Waals surface area (Å²) in [6.07, 6.45) is 2.48. The molecule has 0 atom stereocenters. The van der Waals surface area contributed by atoms with E-state index in [2.05, 4.69) is 5.32 Å². The van der Waals surface area contributed by atoms with Crippen molar-refractivity contribution in [2.75, 3.05) is 0 Å². The zero-order valence-corrected chi connectivity index (χ0v) is 13.3. The molecule has 2 aromatic carbocycles. The molecule has 1 fully saturated rings. The summed E-state index contributed by atoms with van der Waals surface area (Å²) in [7, 11) is 0. The molecule has 1 saturated carbocycles. The molecule has 5 nitrogen and oxygen atoms in total. The maximum atomic E-state index is 12.0. The lowest BCUT2D eigenvalue weighted by Crippen LogP contribution is -2.58. The molecule has 0 unspecified atom stereocenters. The predicted octanol–water partition coefficient (Wildman–Crippen LogP) is 2.55. The van der Waals surface area contributed by atoms with Crippen LogP contribution in [0.3, 0.4) is 0 Å². The van der Waals surface area contributed by atoms with Gasteiger partial charge in [0.05, 0.1) is 11.1 Å². The summed E-state index contributed by atoms with van der Waals surface area (Å²) in [6, 6.07) is 14.4. The van der Waals surface area contributed by atoms with Crippen molar-refractivity contribution in [3.05, 3.63) is 59.7 Å². The number of nitrogens with one attached hydrogen (secondary N) is 1. The molecular formula is C19H20N2O3. The Morgan fingerprint density at radius 1 is 1.08 bits per heavy atom. The number of carboxylic acids is 1. The Bertz CT molecular complexity index is 764. The predicted molar refractivity (Wildman–Crippen MR) is 91.5 cm³/mol. The van der Waals surface area contributed by atoms with Gasteiger partial charge in [-0.1, -0.05) is 42.5 Å². The van der Waals surface area contributed by atoms with Crippen molar-refractivity contribution in [2.24, 2.45) is 5.73 Å². The lowest BCUT2D eigenvalue weighted by molar-refractivity contribution is -0.129. The molecule has 0 heterocycles. The van der Waals surface area contributed by atoms with Crippen molar-refractivity contribution in [3.63, 3.8) is 0 Å². The van der Waals surface area contributed by atoms with Crippen LogP contribution >= 0.6 is 0 Å². The topological polar surface area (TPSA) is 92.4 Å². The number of aromatic carboxylic acids is 1. The van der Waals surface area contributed by atoms with Gasteiger partial charge < -0.3 is 16.2 Å². The molecule has 1 aliphatic carbocycles. The molecule has 0 radical (unpaired) electrons. The Balaban J connectivity index is 1.70.